The third kappa shape index (κ3) is 4.52. The van der Waals surface area contributed by atoms with Gasteiger partial charge in [0.25, 0.3) is 0 Å². The lowest BCUT2D eigenvalue weighted by Crippen LogP contribution is -2.36. The van der Waals surface area contributed by atoms with Gasteiger partial charge in [0.15, 0.2) is 11.5 Å². The van der Waals surface area contributed by atoms with Crippen molar-refractivity contribution >= 4 is 28.4 Å². The molecular formula is C26H34N6O2. The molecule has 0 N–H and O–H groups in total. The molecule has 0 unspecified atom stereocenters. The van der Waals surface area contributed by atoms with E-state index < -0.39 is 0 Å². The first kappa shape index (κ1) is 22.8. The van der Waals surface area contributed by atoms with E-state index in [1.807, 2.05) is 0 Å². The van der Waals surface area contributed by atoms with Crippen molar-refractivity contribution in [2.45, 2.75) is 39.7 Å². The number of aryl methyl sites for hydroxylation is 2. The number of hydrazone groups is 1. The highest BCUT2D eigenvalue weighted by Gasteiger charge is 2.24. The van der Waals surface area contributed by atoms with Gasteiger partial charge < -0.3 is 18.9 Å². The van der Waals surface area contributed by atoms with E-state index in [1.54, 1.807) is 7.11 Å². The SMILES string of the molecule is CCn1c(CCOC)nc2c(N3CCOCC3)cc(N3CCCC(c4cccc(C)c4)=N3)nc21. The molecule has 0 spiro atoms. The van der Waals surface area contributed by atoms with E-state index in [4.69, 9.17) is 24.5 Å². The number of rotatable bonds is 7. The Morgan fingerprint density at radius 2 is 1.94 bits per heavy atom. The normalized spacial score (nSPS) is 16.9. The lowest BCUT2D eigenvalue weighted by Gasteiger charge is -2.30. The summed E-state index contributed by atoms with van der Waals surface area (Å²) in [5.74, 6) is 1.90. The molecule has 1 fully saturated rings. The average Bonchev–Trinajstić information content (AvgIpc) is 3.24. The summed E-state index contributed by atoms with van der Waals surface area (Å²) in [6.45, 7) is 9.73. The molecule has 0 bridgehead atoms. The molecule has 180 valence electrons. The largest absolute Gasteiger partial charge is 0.384 e. The summed E-state index contributed by atoms with van der Waals surface area (Å²) in [5, 5.41) is 7.14. The van der Waals surface area contributed by atoms with Crippen molar-refractivity contribution in [2.24, 2.45) is 5.10 Å². The minimum atomic E-state index is 0.638. The van der Waals surface area contributed by atoms with Crippen LogP contribution in [0.5, 0.6) is 0 Å². The van der Waals surface area contributed by atoms with Gasteiger partial charge in [-0.3, -0.25) is 0 Å². The Labute approximate surface area is 201 Å². The van der Waals surface area contributed by atoms with Crippen LogP contribution in [0.2, 0.25) is 0 Å². The van der Waals surface area contributed by atoms with Crippen molar-refractivity contribution < 1.29 is 9.47 Å². The topological polar surface area (TPSA) is 68.0 Å². The third-order valence-corrected chi connectivity index (χ3v) is 6.59. The molecule has 34 heavy (non-hydrogen) atoms. The Morgan fingerprint density at radius 1 is 1.09 bits per heavy atom. The number of imidazole rings is 1. The summed E-state index contributed by atoms with van der Waals surface area (Å²) in [7, 11) is 1.73. The van der Waals surface area contributed by atoms with Gasteiger partial charge in [-0.2, -0.15) is 5.10 Å². The van der Waals surface area contributed by atoms with Crippen LogP contribution in [0, 0.1) is 6.92 Å². The van der Waals surface area contributed by atoms with Crippen molar-refractivity contribution in [1.29, 1.82) is 0 Å². The van der Waals surface area contributed by atoms with Crippen LogP contribution < -0.4 is 9.91 Å². The zero-order chi connectivity index (χ0) is 23.5. The molecule has 3 aromatic rings. The molecule has 0 aliphatic carbocycles. The fourth-order valence-electron chi connectivity index (χ4n) is 4.83. The molecule has 0 atom stereocenters. The molecule has 0 saturated carbocycles. The maximum absolute atomic E-state index is 5.62. The van der Waals surface area contributed by atoms with Gasteiger partial charge in [0, 0.05) is 45.8 Å². The van der Waals surface area contributed by atoms with Crippen molar-refractivity contribution in [3.8, 4) is 0 Å². The van der Waals surface area contributed by atoms with Crippen molar-refractivity contribution in [2.75, 3.05) is 56.5 Å². The van der Waals surface area contributed by atoms with Gasteiger partial charge in [-0.15, -0.1) is 0 Å². The van der Waals surface area contributed by atoms with E-state index >= 15 is 0 Å². The minimum Gasteiger partial charge on any atom is -0.384 e. The number of nitrogens with zero attached hydrogens (tertiary/aromatic N) is 6. The smallest absolute Gasteiger partial charge is 0.164 e. The first-order valence-corrected chi connectivity index (χ1v) is 12.3. The lowest BCUT2D eigenvalue weighted by atomic mass is 10.0. The molecule has 0 radical (unpaired) electrons. The summed E-state index contributed by atoms with van der Waals surface area (Å²) in [5.41, 5.74) is 6.56. The number of aromatic nitrogens is 3. The highest BCUT2D eigenvalue weighted by Crippen LogP contribution is 2.32. The second-order valence-corrected chi connectivity index (χ2v) is 8.93. The number of ether oxygens (including phenoxy) is 2. The van der Waals surface area contributed by atoms with Crippen molar-refractivity contribution in [1.82, 2.24) is 14.5 Å². The van der Waals surface area contributed by atoms with Crippen molar-refractivity contribution in [3.63, 3.8) is 0 Å². The van der Waals surface area contributed by atoms with Crippen molar-refractivity contribution in [3.05, 3.63) is 47.3 Å². The van der Waals surface area contributed by atoms with Crippen LogP contribution in [0.4, 0.5) is 11.5 Å². The first-order valence-electron chi connectivity index (χ1n) is 12.3. The second-order valence-electron chi connectivity index (χ2n) is 8.93. The van der Waals surface area contributed by atoms with Gasteiger partial charge in [0.1, 0.15) is 11.3 Å². The van der Waals surface area contributed by atoms with E-state index in [1.165, 1.54) is 11.1 Å². The Hall–Kier alpha value is -2.97. The summed E-state index contributed by atoms with van der Waals surface area (Å²) in [6.07, 6.45) is 2.79. The predicted octanol–water partition coefficient (Wildman–Crippen LogP) is 3.79. The Bertz CT molecular complexity index is 1180. The molecule has 4 heterocycles. The molecule has 0 amide bonds. The van der Waals surface area contributed by atoms with E-state index in [-0.39, 0.29) is 0 Å². The highest BCUT2D eigenvalue weighted by atomic mass is 16.5. The zero-order valence-corrected chi connectivity index (χ0v) is 20.5. The first-order chi connectivity index (χ1) is 16.7. The van der Waals surface area contributed by atoms with Crippen LogP contribution in [0.1, 0.15) is 36.7 Å². The zero-order valence-electron chi connectivity index (χ0n) is 20.5. The molecule has 8 nitrogen and oxygen atoms in total. The van der Waals surface area contributed by atoms with E-state index in [2.05, 4.69) is 58.7 Å². The summed E-state index contributed by atoms with van der Waals surface area (Å²) in [6, 6.07) is 10.8. The molecule has 2 aliphatic heterocycles. The maximum Gasteiger partial charge on any atom is 0.164 e. The van der Waals surface area contributed by atoms with Crippen LogP contribution in [0.25, 0.3) is 11.2 Å². The monoisotopic (exact) mass is 462 g/mol. The molecule has 5 rings (SSSR count). The quantitative estimate of drug-likeness (QED) is 0.532. The van der Waals surface area contributed by atoms with Crippen LogP contribution in [-0.2, 0) is 22.4 Å². The number of benzene rings is 1. The summed E-state index contributed by atoms with van der Waals surface area (Å²) >= 11 is 0. The van der Waals surface area contributed by atoms with Crippen LogP contribution >= 0.6 is 0 Å². The number of fused-ring (bicyclic) bond motifs is 1. The van der Waals surface area contributed by atoms with Gasteiger partial charge in [0.2, 0.25) is 0 Å². The molecule has 1 aromatic carbocycles. The number of pyridine rings is 1. The molecule has 8 heteroatoms. The van der Waals surface area contributed by atoms with Gasteiger partial charge in [-0.05, 0) is 32.3 Å². The number of morpholine rings is 1. The van der Waals surface area contributed by atoms with Gasteiger partial charge in [0.05, 0.1) is 31.2 Å². The lowest BCUT2D eigenvalue weighted by molar-refractivity contribution is 0.123. The molecule has 1 saturated heterocycles. The van der Waals surface area contributed by atoms with Gasteiger partial charge in [-0.25, -0.2) is 15.0 Å². The standard InChI is InChI=1S/C26H34N6O2/c1-4-31-23(10-14-33-3)27-25-22(30-12-15-34-16-13-30)18-24(28-26(25)31)32-11-6-9-21(29-32)20-8-5-7-19(2)17-20/h5,7-8,17-18H,4,6,9-16H2,1-3H3. The predicted molar refractivity (Wildman–Crippen MR) is 136 cm³/mol. The van der Waals surface area contributed by atoms with E-state index in [0.29, 0.717) is 6.61 Å². The second kappa shape index (κ2) is 10.1. The van der Waals surface area contributed by atoms with Crippen LogP contribution in [0.15, 0.2) is 35.4 Å². The minimum absolute atomic E-state index is 0.638. The highest BCUT2D eigenvalue weighted by molar-refractivity contribution is 6.01. The maximum atomic E-state index is 5.62. The van der Waals surface area contributed by atoms with Gasteiger partial charge in [-0.1, -0.05) is 29.8 Å². The summed E-state index contributed by atoms with van der Waals surface area (Å²) in [4.78, 5) is 12.5. The average molecular weight is 463 g/mol. The molecular weight excluding hydrogens is 428 g/mol. The van der Waals surface area contributed by atoms with E-state index in [9.17, 15) is 0 Å². The fourth-order valence-corrected chi connectivity index (χ4v) is 4.83. The summed E-state index contributed by atoms with van der Waals surface area (Å²) < 4.78 is 13.2. The number of anilines is 2. The molecule has 2 aromatic heterocycles. The fraction of sp³-hybridized carbons (Fsp3) is 0.500. The Kier molecular flexibility index (Phi) is 6.78. The van der Waals surface area contributed by atoms with Crippen LogP contribution in [0.3, 0.4) is 0 Å². The number of hydrogen-bond donors (Lipinski definition) is 0. The number of hydrogen-bond acceptors (Lipinski definition) is 7. The van der Waals surface area contributed by atoms with Crippen LogP contribution in [-0.4, -0.2) is 66.8 Å². The third-order valence-electron chi connectivity index (χ3n) is 6.59. The Balaban J connectivity index is 1.61. The Morgan fingerprint density at radius 3 is 2.71 bits per heavy atom. The molecule has 2 aliphatic rings. The number of methoxy groups -OCH3 is 1. The van der Waals surface area contributed by atoms with Gasteiger partial charge >= 0.3 is 0 Å². The van der Waals surface area contributed by atoms with E-state index in [0.717, 1.165) is 92.9 Å².